The first-order valence-corrected chi connectivity index (χ1v) is 13.0. The zero-order valence-electron chi connectivity index (χ0n) is 21.5. The molecule has 0 radical (unpaired) electrons. The molecule has 9 nitrogen and oxygen atoms in total. The van der Waals surface area contributed by atoms with Gasteiger partial charge in [0.25, 0.3) is 5.56 Å². The van der Waals surface area contributed by atoms with Gasteiger partial charge < -0.3 is 24.4 Å². The predicted octanol–water partition coefficient (Wildman–Crippen LogP) is 5.23. The van der Waals surface area contributed by atoms with Crippen molar-refractivity contribution in [3.63, 3.8) is 0 Å². The Morgan fingerprint density at radius 3 is 2.45 bits per heavy atom. The highest BCUT2D eigenvalue weighted by Gasteiger charge is 2.18. The van der Waals surface area contributed by atoms with Gasteiger partial charge in [0.2, 0.25) is 11.1 Å². The summed E-state index contributed by atoms with van der Waals surface area (Å²) in [6, 6.07) is 6.72. The Morgan fingerprint density at radius 1 is 1.08 bits per heavy atom. The number of aromatic nitrogens is 2. The van der Waals surface area contributed by atoms with Crippen LogP contribution in [0.4, 0.5) is 4.79 Å². The Hall–Kier alpha value is -3.01. The molecule has 12 heteroatoms. The molecule has 2 aromatic heterocycles. The van der Waals surface area contributed by atoms with E-state index in [1.807, 2.05) is 0 Å². The third kappa shape index (κ3) is 8.51. The number of hydrogen-bond acceptors (Lipinski definition) is 6. The highest BCUT2D eigenvalue weighted by molar-refractivity contribution is 6.31. The minimum Gasteiger partial charge on any atom is -0.444 e. The van der Waals surface area contributed by atoms with E-state index in [4.69, 9.17) is 44.0 Å². The van der Waals surface area contributed by atoms with Crippen molar-refractivity contribution < 1.29 is 18.7 Å². The quantitative estimate of drug-likeness (QED) is 0.356. The lowest BCUT2D eigenvalue weighted by Crippen LogP contribution is -2.33. The van der Waals surface area contributed by atoms with Gasteiger partial charge in [0.05, 0.1) is 11.4 Å². The minimum atomic E-state index is -0.625. The molecule has 0 bridgehead atoms. The number of carbonyl (C=O) groups is 2. The molecule has 1 aromatic carbocycles. The number of amides is 2. The lowest BCUT2D eigenvalue weighted by atomic mass is 10.1. The average molecular weight is 584 g/mol. The maximum atomic E-state index is 13.0. The molecule has 38 heavy (non-hydrogen) atoms. The van der Waals surface area contributed by atoms with Gasteiger partial charge in [-0.25, -0.2) is 9.78 Å². The van der Waals surface area contributed by atoms with E-state index in [1.165, 1.54) is 4.57 Å². The summed E-state index contributed by atoms with van der Waals surface area (Å²) in [5.74, 6) is 0.0391. The number of benzene rings is 1. The summed E-state index contributed by atoms with van der Waals surface area (Å²) >= 11 is 18.4. The second kappa shape index (κ2) is 12.7. The first kappa shape index (κ1) is 29.5. The third-order valence-electron chi connectivity index (χ3n) is 5.36. The van der Waals surface area contributed by atoms with Gasteiger partial charge in [0.1, 0.15) is 11.3 Å². The number of nitrogens with one attached hydrogen (secondary N) is 2. The lowest BCUT2D eigenvalue weighted by molar-refractivity contribution is -0.120. The maximum absolute atomic E-state index is 13.0. The number of hydrogen-bond donors (Lipinski definition) is 2. The lowest BCUT2D eigenvalue weighted by Gasteiger charge is -2.20. The normalized spacial score (nSPS) is 11.3. The zero-order chi connectivity index (χ0) is 28.0. The molecule has 3 rings (SSSR count). The van der Waals surface area contributed by atoms with E-state index in [1.54, 1.807) is 58.2 Å². The Morgan fingerprint density at radius 2 is 1.79 bits per heavy atom. The van der Waals surface area contributed by atoms with E-state index >= 15 is 0 Å². The molecule has 0 saturated carbocycles. The van der Waals surface area contributed by atoms with Gasteiger partial charge in [0, 0.05) is 49.8 Å². The molecule has 0 atom stereocenters. The summed E-state index contributed by atoms with van der Waals surface area (Å²) in [6.07, 6.45) is 1.16. The number of carbonyl (C=O) groups excluding carboxylic acids is 2. The number of rotatable bonds is 9. The molecule has 0 spiro atoms. The molecule has 0 aliphatic rings. The topological polar surface area (TPSA) is 115 Å². The fraction of sp³-hybridized carbons (Fsp3) is 0.385. The molecule has 0 unspecified atom stereocenters. The number of pyridine rings is 1. The van der Waals surface area contributed by atoms with Crippen molar-refractivity contribution in [2.75, 3.05) is 0 Å². The van der Waals surface area contributed by atoms with Crippen LogP contribution >= 0.6 is 34.8 Å². The van der Waals surface area contributed by atoms with Gasteiger partial charge in [-0.3, -0.25) is 9.59 Å². The number of aryl methyl sites for hydroxylation is 3. The van der Waals surface area contributed by atoms with Crippen LogP contribution in [-0.2, 0) is 42.0 Å². The monoisotopic (exact) mass is 582 g/mol. The van der Waals surface area contributed by atoms with Crippen molar-refractivity contribution in [1.82, 2.24) is 20.2 Å². The molecule has 2 N–H and O–H groups in total. The highest BCUT2D eigenvalue weighted by atomic mass is 35.5. The van der Waals surface area contributed by atoms with E-state index in [-0.39, 0.29) is 47.4 Å². The Bertz CT molecular complexity index is 1380. The van der Waals surface area contributed by atoms with Crippen LogP contribution in [-0.4, -0.2) is 27.2 Å². The minimum absolute atomic E-state index is 0.132. The van der Waals surface area contributed by atoms with Crippen LogP contribution in [0.1, 0.15) is 49.0 Å². The van der Waals surface area contributed by atoms with E-state index < -0.39 is 17.6 Å². The van der Waals surface area contributed by atoms with Crippen molar-refractivity contribution in [2.45, 2.75) is 65.8 Å². The fourth-order valence-electron chi connectivity index (χ4n) is 3.59. The van der Waals surface area contributed by atoms with Crippen LogP contribution in [0.3, 0.4) is 0 Å². The number of alkyl carbamates (subject to hydrolysis) is 1. The van der Waals surface area contributed by atoms with E-state index in [0.29, 0.717) is 28.6 Å². The van der Waals surface area contributed by atoms with Crippen molar-refractivity contribution in [1.29, 1.82) is 0 Å². The van der Waals surface area contributed by atoms with Crippen molar-refractivity contribution in [3.8, 4) is 0 Å². The van der Waals surface area contributed by atoms with Crippen molar-refractivity contribution in [2.24, 2.45) is 0 Å². The Kier molecular flexibility index (Phi) is 9.87. The zero-order valence-corrected chi connectivity index (χ0v) is 23.8. The van der Waals surface area contributed by atoms with Crippen LogP contribution in [0.2, 0.25) is 15.3 Å². The number of ether oxygens (including phenoxy) is 1. The van der Waals surface area contributed by atoms with Gasteiger partial charge in [-0.2, -0.15) is 0 Å². The standard InChI is InChI=1S/C26H29Cl3N4O5/c1-15-32-21(23(29)37-15)8-10-33-9-7-20(28)19(24(33)35)12-22(34)30-14-17-11-18(27)6-5-16(17)13-31-25(36)38-26(2,3)4/h5-7,9,11H,8,10,12-14H2,1-4H3,(H,30,34)(H,31,36). The van der Waals surface area contributed by atoms with Gasteiger partial charge in [-0.1, -0.05) is 29.3 Å². The molecule has 2 heterocycles. The number of halogens is 3. The maximum Gasteiger partial charge on any atom is 0.407 e. The fourth-order valence-corrected chi connectivity index (χ4v) is 4.24. The summed E-state index contributed by atoms with van der Waals surface area (Å²) in [5, 5.41) is 6.35. The molecule has 3 aromatic rings. The van der Waals surface area contributed by atoms with Gasteiger partial charge in [0.15, 0.2) is 5.89 Å². The average Bonchev–Trinajstić information content (AvgIpc) is 3.14. The first-order valence-electron chi connectivity index (χ1n) is 11.8. The highest BCUT2D eigenvalue weighted by Crippen LogP contribution is 2.19. The molecule has 2 amide bonds. The summed E-state index contributed by atoms with van der Waals surface area (Å²) in [5.41, 5.74) is 1.17. The van der Waals surface area contributed by atoms with Crippen LogP contribution in [0.5, 0.6) is 0 Å². The molecule has 0 aliphatic heterocycles. The summed E-state index contributed by atoms with van der Waals surface area (Å²) < 4.78 is 11.9. The summed E-state index contributed by atoms with van der Waals surface area (Å²) in [6.45, 7) is 7.61. The van der Waals surface area contributed by atoms with Gasteiger partial charge >= 0.3 is 6.09 Å². The molecular formula is C26H29Cl3N4O5. The molecule has 0 fully saturated rings. The smallest absolute Gasteiger partial charge is 0.407 e. The van der Waals surface area contributed by atoms with Gasteiger partial charge in [-0.15, -0.1) is 0 Å². The summed E-state index contributed by atoms with van der Waals surface area (Å²) in [4.78, 5) is 42.0. The van der Waals surface area contributed by atoms with Crippen LogP contribution in [0, 0.1) is 6.92 Å². The second-order valence-corrected chi connectivity index (χ2v) is 10.8. The molecule has 204 valence electrons. The largest absolute Gasteiger partial charge is 0.444 e. The van der Waals surface area contributed by atoms with E-state index in [2.05, 4.69) is 15.6 Å². The van der Waals surface area contributed by atoms with E-state index in [9.17, 15) is 14.4 Å². The Balaban J connectivity index is 1.64. The van der Waals surface area contributed by atoms with Crippen molar-refractivity contribution in [3.05, 3.63) is 84.4 Å². The number of nitrogens with zero attached hydrogens (tertiary/aromatic N) is 2. The van der Waals surface area contributed by atoms with Crippen LogP contribution in [0.15, 0.2) is 39.7 Å². The van der Waals surface area contributed by atoms with Gasteiger partial charge in [-0.05, 0) is 61.7 Å². The second-order valence-electron chi connectivity index (χ2n) is 9.57. The SMILES string of the molecule is Cc1nc(CCn2ccc(Cl)c(CC(=O)NCc3cc(Cl)ccc3CNC(=O)OC(C)(C)C)c2=O)c(Cl)o1. The number of oxazole rings is 1. The predicted molar refractivity (Wildman–Crippen MR) is 146 cm³/mol. The molecular weight excluding hydrogens is 555 g/mol. The third-order valence-corrected chi connectivity index (χ3v) is 6.24. The Labute approximate surface area is 235 Å². The van der Waals surface area contributed by atoms with Crippen LogP contribution < -0.4 is 16.2 Å². The van der Waals surface area contributed by atoms with Crippen LogP contribution in [0.25, 0.3) is 0 Å². The first-order chi connectivity index (χ1) is 17.8. The van der Waals surface area contributed by atoms with Crippen molar-refractivity contribution >= 4 is 46.8 Å². The van der Waals surface area contributed by atoms with E-state index in [0.717, 1.165) is 5.56 Å². The summed E-state index contributed by atoms with van der Waals surface area (Å²) in [7, 11) is 0. The molecule has 0 saturated heterocycles. The molecule has 0 aliphatic carbocycles.